The van der Waals surface area contributed by atoms with E-state index in [4.69, 9.17) is 0 Å². The highest BCUT2D eigenvalue weighted by Crippen LogP contribution is 2.26. The minimum atomic E-state index is -0.166. The van der Waals surface area contributed by atoms with E-state index in [0.717, 1.165) is 22.4 Å². The number of carbonyl (C=O) groups excluding carboxylic acids is 1. The fourth-order valence-electron chi connectivity index (χ4n) is 1.81. The summed E-state index contributed by atoms with van der Waals surface area (Å²) in [7, 11) is 0. The van der Waals surface area contributed by atoms with Gasteiger partial charge < -0.3 is 10.2 Å². The Balaban J connectivity index is 2.32. The molecule has 2 heterocycles. The van der Waals surface area contributed by atoms with Crippen LogP contribution < -0.4 is 10.2 Å². The van der Waals surface area contributed by atoms with Crippen LogP contribution in [0.25, 0.3) is 0 Å². The lowest BCUT2D eigenvalue weighted by molar-refractivity contribution is -0.122. The second kappa shape index (κ2) is 4.41. The molecule has 1 aliphatic heterocycles. The number of piperazine rings is 1. The van der Waals surface area contributed by atoms with Gasteiger partial charge in [0.2, 0.25) is 5.91 Å². The highest BCUT2D eigenvalue weighted by atomic mass is 79.9. The maximum atomic E-state index is 11.6. The first kappa shape index (κ1) is 11.4. The van der Waals surface area contributed by atoms with E-state index >= 15 is 0 Å². The average Bonchev–Trinajstić information content (AvgIpc) is 2.23. The van der Waals surface area contributed by atoms with E-state index in [2.05, 4.69) is 26.2 Å². The number of aryl methyl sites for hydroxylation is 1. The van der Waals surface area contributed by atoms with Gasteiger partial charge in [0.25, 0.3) is 0 Å². The lowest BCUT2D eigenvalue weighted by Crippen LogP contribution is -2.54. The van der Waals surface area contributed by atoms with Crippen molar-refractivity contribution in [2.24, 2.45) is 0 Å². The van der Waals surface area contributed by atoms with Gasteiger partial charge in [-0.25, -0.2) is 4.98 Å². The van der Waals surface area contributed by atoms with Gasteiger partial charge in [-0.2, -0.15) is 0 Å². The van der Waals surface area contributed by atoms with Gasteiger partial charge in [0, 0.05) is 19.3 Å². The largest absolute Gasteiger partial charge is 0.353 e. The Bertz CT molecular complexity index is 422. The molecule has 1 amide bonds. The number of nitrogens with one attached hydrogen (secondary N) is 1. The third kappa shape index (κ3) is 2.04. The lowest BCUT2D eigenvalue weighted by Gasteiger charge is -2.34. The fraction of sp³-hybridized carbons (Fsp3) is 0.455. The fourth-order valence-corrected chi connectivity index (χ4v) is 2.50. The first-order valence-corrected chi connectivity index (χ1v) is 6.05. The smallest absolute Gasteiger partial charge is 0.242 e. The number of rotatable bonds is 1. The molecule has 1 fully saturated rings. The molecule has 0 aliphatic carbocycles. The number of halogens is 1. The third-order valence-corrected chi connectivity index (χ3v) is 3.31. The zero-order chi connectivity index (χ0) is 11.7. The Morgan fingerprint density at radius 3 is 3.06 bits per heavy atom. The molecule has 1 atom stereocenters. The van der Waals surface area contributed by atoms with Gasteiger partial charge in [0.15, 0.2) is 0 Å². The topological polar surface area (TPSA) is 45.2 Å². The molecule has 86 valence electrons. The summed E-state index contributed by atoms with van der Waals surface area (Å²) in [5.41, 5.74) is 1.10. The Morgan fingerprint density at radius 2 is 2.38 bits per heavy atom. The normalized spacial score (nSPS) is 20.8. The molecule has 5 heteroatoms. The quantitative estimate of drug-likeness (QED) is 0.849. The summed E-state index contributed by atoms with van der Waals surface area (Å²) in [5, 5.41) is 2.84. The highest BCUT2D eigenvalue weighted by Gasteiger charge is 2.27. The Kier molecular flexibility index (Phi) is 3.14. The van der Waals surface area contributed by atoms with Crippen LogP contribution in [0.2, 0.25) is 0 Å². The molecule has 0 radical (unpaired) electrons. The number of carbonyl (C=O) groups is 1. The van der Waals surface area contributed by atoms with Crippen LogP contribution in [0.15, 0.2) is 16.7 Å². The maximum Gasteiger partial charge on any atom is 0.242 e. The summed E-state index contributed by atoms with van der Waals surface area (Å²) < 4.78 is 0.939. The molecule has 1 N–H and O–H groups in total. The second-order valence-electron chi connectivity index (χ2n) is 3.98. The highest BCUT2D eigenvalue weighted by molar-refractivity contribution is 9.10. The van der Waals surface area contributed by atoms with E-state index in [1.165, 1.54) is 0 Å². The SMILES string of the molecule is Cc1cnc(N2CCNC(=O)C2C)c(Br)c1. The number of hydrogen-bond acceptors (Lipinski definition) is 3. The van der Waals surface area contributed by atoms with Crippen molar-refractivity contribution in [3.63, 3.8) is 0 Å². The Morgan fingerprint density at radius 1 is 1.62 bits per heavy atom. The third-order valence-electron chi connectivity index (χ3n) is 2.73. The molecule has 1 aromatic heterocycles. The van der Waals surface area contributed by atoms with Crippen LogP contribution in [0.3, 0.4) is 0 Å². The van der Waals surface area contributed by atoms with Crippen molar-refractivity contribution in [2.75, 3.05) is 18.0 Å². The van der Waals surface area contributed by atoms with Crippen molar-refractivity contribution in [1.29, 1.82) is 0 Å². The van der Waals surface area contributed by atoms with Gasteiger partial charge >= 0.3 is 0 Å². The van der Waals surface area contributed by atoms with Gasteiger partial charge in [-0.1, -0.05) is 0 Å². The summed E-state index contributed by atoms with van der Waals surface area (Å²) in [5.74, 6) is 0.897. The van der Waals surface area contributed by atoms with Crippen LogP contribution in [-0.4, -0.2) is 30.0 Å². The molecule has 0 spiro atoms. The standard InChI is InChI=1S/C11H14BrN3O/c1-7-5-9(12)10(14-6-7)15-4-3-13-11(16)8(15)2/h5-6,8H,3-4H2,1-2H3,(H,13,16). The van der Waals surface area contributed by atoms with Crippen LogP contribution in [0.5, 0.6) is 0 Å². The summed E-state index contributed by atoms with van der Waals surface area (Å²) in [6.45, 7) is 5.35. The van der Waals surface area contributed by atoms with Crippen LogP contribution in [-0.2, 0) is 4.79 Å². The van der Waals surface area contributed by atoms with E-state index in [-0.39, 0.29) is 11.9 Å². The first-order valence-electron chi connectivity index (χ1n) is 5.26. The van der Waals surface area contributed by atoms with Crippen molar-refractivity contribution in [3.05, 3.63) is 22.3 Å². The molecular weight excluding hydrogens is 270 g/mol. The maximum absolute atomic E-state index is 11.6. The summed E-state index contributed by atoms with van der Waals surface area (Å²) in [6, 6.07) is 1.85. The predicted octanol–water partition coefficient (Wildman–Crippen LogP) is 1.48. The van der Waals surface area contributed by atoms with Crippen molar-refractivity contribution in [1.82, 2.24) is 10.3 Å². The number of hydrogen-bond donors (Lipinski definition) is 1. The van der Waals surface area contributed by atoms with E-state index in [9.17, 15) is 4.79 Å². The number of amides is 1. The molecule has 0 saturated carbocycles. The number of pyridine rings is 1. The Hall–Kier alpha value is -1.10. The predicted molar refractivity (Wildman–Crippen MR) is 66.5 cm³/mol. The zero-order valence-electron chi connectivity index (χ0n) is 9.33. The van der Waals surface area contributed by atoms with Gasteiger partial charge in [0.1, 0.15) is 11.9 Å². The Labute approximate surface area is 103 Å². The number of aromatic nitrogens is 1. The van der Waals surface area contributed by atoms with E-state index < -0.39 is 0 Å². The molecule has 1 aromatic rings. The molecular formula is C11H14BrN3O. The lowest BCUT2D eigenvalue weighted by atomic mass is 10.2. The van der Waals surface area contributed by atoms with E-state index in [0.29, 0.717) is 6.54 Å². The van der Waals surface area contributed by atoms with Crippen molar-refractivity contribution in [2.45, 2.75) is 19.9 Å². The summed E-state index contributed by atoms with van der Waals surface area (Å²) >= 11 is 3.49. The number of anilines is 1. The first-order chi connectivity index (χ1) is 7.59. The van der Waals surface area contributed by atoms with Crippen molar-refractivity contribution >= 4 is 27.7 Å². The molecule has 0 aromatic carbocycles. The van der Waals surface area contributed by atoms with Crippen molar-refractivity contribution in [3.8, 4) is 0 Å². The minimum Gasteiger partial charge on any atom is -0.353 e. The molecule has 4 nitrogen and oxygen atoms in total. The van der Waals surface area contributed by atoms with E-state index in [1.807, 2.05) is 31.0 Å². The van der Waals surface area contributed by atoms with Crippen LogP contribution in [0, 0.1) is 6.92 Å². The van der Waals surface area contributed by atoms with Gasteiger partial charge in [-0.3, -0.25) is 4.79 Å². The zero-order valence-corrected chi connectivity index (χ0v) is 10.9. The van der Waals surface area contributed by atoms with Crippen molar-refractivity contribution < 1.29 is 4.79 Å². The molecule has 16 heavy (non-hydrogen) atoms. The molecule has 2 rings (SSSR count). The van der Waals surface area contributed by atoms with Gasteiger partial charge in [-0.05, 0) is 41.4 Å². The van der Waals surface area contributed by atoms with Crippen LogP contribution in [0.1, 0.15) is 12.5 Å². The molecule has 1 aliphatic rings. The minimum absolute atomic E-state index is 0.0560. The summed E-state index contributed by atoms with van der Waals surface area (Å²) in [6.07, 6.45) is 1.82. The number of nitrogens with zero attached hydrogens (tertiary/aromatic N) is 2. The molecule has 1 unspecified atom stereocenters. The molecule has 1 saturated heterocycles. The second-order valence-corrected chi connectivity index (χ2v) is 4.83. The summed E-state index contributed by atoms with van der Waals surface area (Å²) in [4.78, 5) is 18.0. The van der Waals surface area contributed by atoms with Gasteiger partial charge in [0.05, 0.1) is 4.47 Å². The monoisotopic (exact) mass is 283 g/mol. The van der Waals surface area contributed by atoms with E-state index in [1.54, 1.807) is 0 Å². The molecule has 0 bridgehead atoms. The van der Waals surface area contributed by atoms with Crippen LogP contribution in [0.4, 0.5) is 5.82 Å². The average molecular weight is 284 g/mol. The van der Waals surface area contributed by atoms with Gasteiger partial charge in [-0.15, -0.1) is 0 Å². The van der Waals surface area contributed by atoms with Crippen LogP contribution >= 0.6 is 15.9 Å².